The molecule has 0 N–H and O–H groups in total. The highest BCUT2D eigenvalue weighted by Gasteiger charge is 2.12. The van der Waals surface area contributed by atoms with Crippen LogP contribution in [-0.4, -0.2) is 30.3 Å². The van der Waals surface area contributed by atoms with Crippen LogP contribution >= 0.6 is 12.6 Å². The second kappa shape index (κ2) is 7.69. The summed E-state index contributed by atoms with van der Waals surface area (Å²) in [6, 6.07) is 0.708. The largest absolute Gasteiger partial charge is 0.303 e. The van der Waals surface area contributed by atoms with E-state index < -0.39 is 0 Å². The second-order valence-corrected chi connectivity index (χ2v) is 4.40. The summed E-state index contributed by atoms with van der Waals surface area (Å²) in [5, 5.41) is 0. The number of rotatable bonds is 7. The average Bonchev–Trinajstić information content (AvgIpc) is 2.15. The van der Waals surface area contributed by atoms with Gasteiger partial charge in [-0.3, -0.25) is 0 Å². The normalized spacial score (nSPS) is 16.2. The Bertz CT molecular complexity index is 117. The second-order valence-electron chi connectivity index (χ2n) is 4.03. The highest BCUT2D eigenvalue weighted by atomic mass is 32.1. The van der Waals surface area contributed by atoms with Gasteiger partial charge in [0.2, 0.25) is 0 Å². The van der Waals surface area contributed by atoms with Crippen molar-refractivity contribution in [3.05, 3.63) is 0 Å². The maximum Gasteiger partial charge on any atom is 0.00613 e. The van der Waals surface area contributed by atoms with E-state index in [0.29, 0.717) is 6.04 Å². The fraction of sp³-hybridized carbons (Fsp3) is 1.00. The molecule has 0 aliphatic carbocycles. The SMILES string of the molecule is CCCC(CS)CN(C)C(C)CC. The van der Waals surface area contributed by atoms with Crippen molar-refractivity contribution in [3.63, 3.8) is 0 Å². The van der Waals surface area contributed by atoms with Crippen molar-refractivity contribution in [2.75, 3.05) is 19.3 Å². The molecule has 13 heavy (non-hydrogen) atoms. The summed E-state index contributed by atoms with van der Waals surface area (Å²) in [5.41, 5.74) is 0. The lowest BCUT2D eigenvalue weighted by Crippen LogP contribution is -2.33. The van der Waals surface area contributed by atoms with E-state index in [-0.39, 0.29) is 0 Å². The van der Waals surface area contributed by atoms with E-state index in [1.807, 2.05) is 0 Å². The van der Waals surface area contributed by atoms with Crippen molar-refractivity contribution in [1.82, 2.24) is 4.90 Å². The van der Waals surface area contributed by atoms with Crippen LogP contribution in [0, 0.1) is 5.92 Å². The Morgan fingerprint density at radius 3 is 2.31 bits per heavy atom. The summed E-state index contributed by atoms with van der Waals surface area (Å²) in [4.78, 5) is 2.45. The zero-order chi connectivity index (χ0) is 10.3. The standard InChI is InChI=1S/C11H25NS/c1-5-7-11(9-13)8-12(4)10(3)6-2/h10-11,13H,5-9H2,1-4H3. The Kier molecular flexibility index (Phi) is 7.87. The molecule has 0 aliphatic rings. The molecule has 0 saturated carbocycles. The maximum atomic E-state index is 4.40. The summed E-state index contributed by atoms with van der Waals surface area (Å²) in [6.45, 7) is 7.99. The molecule has 0 aromatic heterocycles. The Labute approximate surface area is 89.3 Å². The molecule has 0 heterocycles. The van der Waals surface area contributed by atoms with Gasteiger partial charge in [0.05, 0.1) is 0 Å². The van der Waals surface area contributed by atoms with E-state index in [4.69, 9.17) is 0 Å². The molecule has 0 saturated heterocycles. The molecule has 0 bridgehead atoms. The van der Waals surface area contributed by atoms with Gasteiger partial charge < -0.3 is 4.90 Å². The Morgan fingerprint density at radius 1 is 1.31 bits per heavy atom. The van der Waals surface area contributed by atoms with Gasteiger partial charge in [-0.25, -0.2) is 0 Å². The molecule has 80 valence electrons. The van der Waals surface area contributed by atoms with E-state index >= 15 is 0 Å². The Balaban J connectivity index is 3.78. The van der Waals surface area contributed by atoms with Crippen LogP contribution in [0.4, 0.5) is 0 Å². The van der Waals surface area contributed by atoms with Crippen LogP contribution in [0.3, 0.4) is 0 Å². The first-order chi connectivity index (χ1) is 6.15. The van der Waals surface area contributed by atoms with Crippen LogP contribution in [-0.2, 0) is 0 Å². The van der Waals surface area contributed by atoms with E-state index in [9.17, 15) is 0 Å². The van der Waals surface area contributed by atoms with Gasteiger partial charge in [-0.05, 0) is 38.5 Å². The van der Waals surface area contributed by atoms with Crippen molar-refractivity contribution in [1.29, 1.82) is 0 Å². The van der Waals surface area contributed by atoms with Gasteiger partial charge in [-0.15, -0.1) is 0 Å². The van der Waals surface area contributed by atoms with Crippen LogP contribution < -0.4 is 0 Å². The first kappa shape index (κ1) is 13.3. The van der Waals surface area contributed by atoms with E-state index in [1.54, 1.807) is 0 Å². The predicted molar refractivity (Wildman–Crippen MR) is 64.6 cm³/mol. The zero-order valence-electron chi connectivity index (χ0n) is 9.58. The van der Waals surface area contributed by atoms with Gasteiger partial charge >= 0.3 is 0 Å². The quantitative estimate of drug-likeness (QED) is 0.622. The lowest BCUT2D eigenvalue weighted by Gasteiger charge is -2.27. The summed E-state index contributed by atoms with van der Waals surface area (Å²) in [6.07, 6.45) is 3.83. The zero-order valence-corrected chi connectivity index (χ0v) is 10.5. The molecule has 0 aliphatic heterocycles. The summed E-state index contributed by atoms with van der Waals surface area (Å²) in [5.74, 6) is 1.79. The van der Waals surface area contributed by atoms with Gasteiger partial charge in [0.1, 0.15) is 0 Å². The molecular weight excluding hydrogens is 178 g/mol. The molecule has 0 rings (SSSR count). The van der Waals surface area contributed by atoms with Crippen LogP contribution in [0.5, 0.6) is 0 Å². The molecular formula is C11H25NS. The highest BCUT2D eigenvalue weighted by Crippen LogP contribution is 2.12. The number of hydrogen-bond acceptors (Lipinski definition) is 2. The highest BCUT2D eigenvalue weighted by molar-refractivity contribution is 7.80. The molecule has 0 aromatic carbocycles. The first-order valence-electron chi connectivity index (χ1n) is 5.46. The smallest absolute Gasteiger partial charge is 0.00613 e. The molecule has 0 spiro atoms. The van der Waals surface area contributed by atoms with Crippen LogP contribution in [0.2, 0.25) is 0 Å². The summed E-state index contributed by atoms with van der Waals surface area (Å²) in [7, 11) is 2.22. The van der Waals surface area contributed by atoms with Gasteiger partial charge in [-0.2, -0.15) is 12.6 Å². The fourth-order valence-corrected chi connectivity index (χ4v) is 1.85. The predicted octanol–water partition coefficient (Wildman–Crippen LogP) is 3.06. The number of hydrogen-bond donors (Lipinski definition) is 1. The summed E-state index contributed by atoms with van der Waals surface area (Å²) < 4.78 is 0. The van der Waals surface area contributed by atoms with Crippen LogP contribution in [0.25, 0.3) is 0 Å². The van der Waals surface area contributed by atoms with Crippen LogP contribution in [0.15, 0.2) is 0 Å². The molecule has 0 fully saturated rings. The van der Waals surface area contributed by atoms with Gasteiger partial charge in [0.25, 0.3) is 0 Å². The Hall–Kier alpha value is 0.310. The fourth-order valence-electron chi connectivity index (χ4n) is 1.55. The minimum Gasteiger partial charge on any atom is -0.303 e. The van der Waals surface area contributed by atoms with Crippen molar-refractivity contribution in [3.8, 4) is 0 Å². The lowest BCUT2D eigenvalue weighted by molar-refractivity contribution is 0.216. The summed E-state index contributed by atoms with van der Waals surface area (Å²) >= 11 is 4.40. The van der Waals surface area contributed by atoms with Gasteiger partial charge in [0, 0.05) is 12.6 Å². The van der Waals surface area contributed by atoms with Crippen LogP contribution in [0.1, 0.15) is 40.0 Å². The third-order valence-corrected chi connectivity index (χ3v) is 3.36. The van der Waals surface area contributed by atoms with Crippen molar-refractivity contribution in [2.45, 2.75) is 46.1 Å². The first-order valence-corrected chi connectivity index (χ1v) is 6.09. The van der Waals surface area contributed by atoms with E-state index in [0.717, 1.165) is 11.7 Å². The maximum absolute atomic E-state index is 4.40. The molecule has 2 heteroatoms. The molecule has 2 atom stereocenters. The molecule has 2 unspecified atom stereocenters. The van der Waals surface area contributed by atoms with E-state index in [1.165, 1.54) is 25.8 Å². The van der Waals surface area contributed by atoms with Crippen molar-refractivity contribution >= 4 is 12.6 Å². The van der Waals surface area contributed by atoms with Crippen molar-refractivity contribution in [2.24, 2.45) is 5.92 Å². The third-order valence-electron chi connectivity index (χ3n) is 2.84. The lowest BCUT2D eigenvalue weighted by atomic mass is 10.0. The monoisotopic (exact) mass is 203 g/mol. The van der Waals surface area contributed by atoms with Gasteiger partial charge in [0.15, 0.2) is 0 Å². The molecule has 0 radical (unpaired) electrons. The minimum absolute atomic E-state index is 0.708. The topological polar surface area (TPSA) is 3.24 Å². The molecule has 0 aromatic rings. The average molecular weight is 203 g/mol. The Morgan fingerprint density at radius 2 is 1.92 bits per heavy atom. The van der Waals surface area contributed by atoms with Gasteiger partial charge in [-0.1, -0.05) is 20.3 Å². The number of nitrogens with zero attached hydrogens (tertiary/aromatic N) is 1. The van der Waals surface area contributed by atoms with Crippen molar-refractivity contribution < 1.29 is 0 Å². The third kappa shape index (κ3) is 5.58. The van der Waals surface area contributed by atoms with E-state index in [2.05, 4.69) is 45.3 Å². The molecule has 0 amide bonds. The number of thiol groups is 1. The minimum atomic E-state index is 0.708. The molecule has 1 nitrogen and oxygen atoms in total.